The summed E-state index contributed by atoms with van der Waals surface area (Å²) in [6.45, 7) is 0.685. The molecule has 1 aliphatic rings. The van der Waals surface area contributed by atoms with Crippen LogP contribution < -0.4 is 0 Å². The largest absolute Gasteiger partial charge is 0.507 e. The van der Waals surface area contributed by atoms with Crippen molar-refractivity contribution in [3.63, 3.8) is 0 Å². The summed E-state index contributed by atoms with van der Waals surface area (Å²) in [5.41, 5.74) is 0.0385. The second-order valence-electron chi connectivity index (χ2n) is 6.19. The van der Waals surface area contributed by atoms with Gasteiger partial charge in [-0.1, -0.05) is 0 Å². The molecule has 130 valence electrons. The van der Waals surface area contributed by atoms with Crippen LogP contribution in [0.15, 0.2) is 12.1 Å². The Bertz CT molecular complexity index is 820. The number of carbonyl (C=O) groups excluding carboxylic acids is 1. The van der Waals surface area contributed by atoms with Gasteiger partial charge in [-0.2, -0.15) is 13.2 Å². The van der Waals surface area contributed by atoms with Crippen molar-refractivity contribution in [1.82, 2.24) is 9.47 Å². The second-order valence-corrected chi connectivity index (χ2v) is 6.19. The molecule has 1 aromatic carbocycles. The molecule has 1 aliphatic heterocycles. The first-order valence-corrected chi connectivity index (χ1v) is 7.33. The molecule has 0 amide bonds. The zero-order valence-corrected chi connectivity index (χ0v) is 13.4. The monoisotopic (exact) mass is 342 g/mol. The van der Waals surface area contributed by atoms with E-state index < -0.39 is 23.6 Å². The fraction of sp³-hybridized carbons (Fsp3) is 0.438. The summed E-state index contributed by atoms with van der Waals surface area (Å²) < 4.78 is 45.8. The lowest BCUT2D eigenvalue weighted by atomic mass is 10.0. The van der Waals surface area contributed by atoms with Gasteiger partial charge in [0.25, 0.3) is 0 Å². The highest BCUT2D eigenvalue weighted by molar-refractivity contribution is 6.12. The van der Waals surface area contributed by atoms with E-state index in [9.17, 15) is 23.1 Å². The number of aromatic nitrogens is 1. The third-order valence-corrected chi connectivity index (χ3v) is 4.08. The summed E-state index contributed by atoms with van der Waals surface area (Å²) in [4.78, 5) is 14.4. The van der Waals surface area contributed by atoms with Gasteiger partial charge in [-0.15, -0.1) is 0 Å². The average molecular weight is 342 g/mol. The quantitative estimate of drug-likeness (QED) is 0.685. The van der Waals surface area contributed by atoms with Gasteiger partial charge in [0.2, 0.25) is 0 Å². The third kappa shape index (κ3) is 2.76. The lowest BCUT2D eigenvalue weighted by Gasteiger charge is -2.13. The van der Waals surface area contributed by atoms with Gasteiger partial charge in [-0.05, 0) is 26.2 Å². The predicted octanol–water partition coefficient (Wildman–Crippen LogP) is 2.55. The molecule has 1 unspecified atom stereocenters. The molecule has 0 bridgehead atoms. The molecule has 24 heavy (non-hydrogen) atoms. The molecular weight excluding hydrogens is 325 g/mol. The maximum Gasteiger partial charge on any atom is 0.420 e. The van der Waals surface area contributed by atoms with E-state index in [1.807, 2.05) is 4.90 Å². The summed E-state index contributed by atoms with van der Waals surface area (Å²) in [5, 5.41) is 10.1. The van der Waals surface area contributed by atoms with Gasteiger partial charge in [-0.25, -0.2) is 0 Å². The number of benzene rings is 1. The van der Waals surface area contributed by atoms with Gasteiger partial charge in [-0.3, -0.25) is 4.79 Å². The van der Waals surface area contributed by atoms with Crippen LogP contribution >= 0.6 is 0 Å². The van der Waals surface area contributed by atoms with E-state index in [0.29, 0.717) is 29.8 Å². The van der Waals surface area contributed by atoms with Gasteiger partial charge < -0.3 is 19.3 Å². The van der Waals surface area contributed by atoms with E-state index in [1.165, 1.54) is 0 Å². The zero-order valence-electron chi connectivity index (χ0n) is 13.4. The number of carbonyl (C=O) groups is 1. The van der Waals surface area contributed by atoms with Crippen molar-refractivity contribution in [2.75, 3.05) is 20.7 Å². The number of alkyl halides is 3. The van der Waals surface area contributed by atoms with Crippen LogP contribution in [0.4, 0.5) is 13.2 Å². The number of aryl methyl sites for hydroxylation is 1. The van der Waals surface area contributed by atoms with E-state index in [2.05, 4.69) is 0 Å². The smallest absolute Gasteiger partial charge is 0.420 e. The highest BCUT2D eigenvalue weighted by atomic mass is 19.4. The van der Waals surface area contributed by atoms with Crippen molar-refractivity contribution in [3.05, 3.63) is 29.0 Å². The Morgan fingerprint density at radius 1 is 1.42 bits per heavy atom. The maximum atomic E-state index is 13.1. The Hall–Kier alpha value is -2.06. The molecule has 0 aliphatic carbocycles. The van der Waals surface area contributed by atoms with Crippen molar-refractivity contribution in [2.45, 2.75) is 18.8 Å². The summed E-state index contributed by atoms with van der Waals surface area (Å²) in [7, 11) is 5.22. The minimum absolute atomic E-state index is 0.251. The minimum Gasteiger partial charge on any atom is -0.507 e. The van der Waals surface area contributed by atoms with E-state index in [0.717, 1.165) is 12.1 Å². The van der Waals surface area contributed by atoms with Crippen molar-refractivity contribution in [1.29, 1.82) is 0 Å². The number of hydrogen-bond acceptors (Lipinski definition) is 4. The Balaban J connectivity index is 2.29. The van der Waals surface area contributed by atoms with Crippen LogP contribution in [0.2, 0.25) is 0 Å². The van der Waals surface area contributed by atoms with Gasteiger partial charge >= 0.3 is 6.18 Å². The van der Waals surface area contributed by atoms with E-state index >= 15 is 0 Å². The van der Waals surface area contributed by atoms with Crippen LogP contribution in [0.5, 0.6) is 5.75 Å². The number of hydrogen-bond donors (Lipinski definition) is 1. The fourth-order valence-electron chi connectivity index (χ4n) is 2.87. The van der Waals surface area contributed by atoms with Gasteiger partial charge in [0.15, 0.2) is 5.78 Å². The van der Waals surface area contributed by atoms with Gasteiger partial charge in [0, 0.05) is 30.2 Å². The van der Waals surface area contributed by atoms with Gasteiger partial charge in [0.05, 0.1) is 17.7 Å². The fourth-order valence-corrected chi connectivity index (χ4v) is 2.87. The molecule has 1 N–H and O–H groups in total. The number of nitrogens with zero attached hydrogens (tertiary/aromatic N) is 2. The Kier molecular flexibility index (Phi) is 3.84. The number of epoxide rings is 1. The molecule has 8 heteroatoms. The summed E-state index contributed by atoms with van der Waals surface area (Å²) in [6.07, 6.45) is -5.23. The first-order valence-electron chi connectivity index (χ1n) is 7.33. The van der Waals surface area contributed by atoms with Crippen molar-refractivity contribution in [2.24, 2.45) is 7.05 Å². The number of phenolic OH excluding ortho intramolecular Hbond substituents is 1. The van der Waals surface area contributed by atoms with Crippen LogP contribution in [0.1, 0.15) is 21.6 Å². The number of phenols is 1. The number of Topliss-reactive ketones (excluding diaryl/α,β-unsaturated/α-hetero) is 1. The number of halogens is 3. The molecule has 5 nitrogen and oxygen atoms in total. The molecule has 3 rings (SSSR count). The van der Waals surface area contributed by atoms with E-state index in [1.54, 1.807) is 25.7 Å². The molecule has 0 saturated carbocycles. The highest BCUT2D eigenvalue weighted by Crippen LogP contribution is 2.40. The third-order valence-electron chi connectivity index (χ3n) is 4.08. The normalized spacial score (nSPS) is 17.7. The molecule has 1 saturated heterocycles. The molecule has 1 atom stereocenters. The molecule has 0 radical (unpaired) electrons. The number of fused-ring (bicyclic) bond motifs is 1. The van der Waals surface area contributed by atoms with E-state index in [-0.39, 0.29) is 11.3 Å². The zero-order chi connectivity index (χ0) is 17.8. The highest BCUT2D eigenvalue weighted by Gasteiger charge is 2.38. The van der Waals surface area contributed by atoms with Crippen LogP contribution in [0.3, 0.4) is 0 Å². The molecule has 1 fully saturated rings. The van der Waals surface area contributed by atoms with Crippen LogP contribution in [0, 0.1) is 0 Å². The minimum atomic E-state index is -4.67. The SMILES string of the molecule is CN(C)Cc1c(C(=O)C2CO2)c2cc(O)c(C(F)(F)F)cc2n1C. The van der Waals surface area contributed by atoms with Crippen LogP contribution in [-0.4, -0.2) is 47.2 Å². The summed E-state index contributed by atoms with van der Waals surface area (Å²) in [6, 6.07) is 1.90. The second kappa shape index (κ2) is 5.49. The van der Waals surface area contributed by atoms with Crippen LogP contribution in [0.25, 0.3) is 10.9 Å². The van der Waals surface area contributed by atoms with Crippen LogP contribution in [-0.2, 0) is 24.5 Å². The molecule has 1 aromatic heterocycles. The average Bonchev–Trinajstić information content (AvgIpc) is 3.25. The molecule has 0 spiro atoms. The summed E-state index contributed by atoms with van der Waals surface area (Å²) in [5.74, 6) is -1.15. The lowest BCUT2D eigenvalue weighted by molar-refractivity contribution is -0.138. The van der Waals surface area contributed by atoms with Crippen molar-refractivity contribution in [3.8, 4) is 5.75 Å². The summed E-state index contributed by atoms with van der Waals surface area (Å²) >= 11 is 0. The Morgan fingerprint density at radius 3 is 2.54 bits per heavy atom. The predicted molar refractivity (Wildman–Crippen MR) is 81.0 cm³/mol. The standard InChI is InChI=1S/C16H17F3N2O3/c1-20(2)6-11-14(15(23)13-7-24-13)8-4-12(22)9(16(17,18)19)5-10(8)21(11)3/h4-5,13,22H,6-7H2,1-3H3. The lowest BCUT2D eigenvalue weighted by Crippen LogP contribution is -2.18. The molecule has 2 aromatic rings. The number of rotatable bonds is 4. The topological polar surface area (TPSA) is 58.0 Å². The Morgan fingerprint density at radius 2 is 2.04 bits per heavy atom. The Labute approximate surface area is 136 Å². The maximum absolute atomic E-state index is 13.1. The van der Waals surface area contributed by atoms with Gasteiger partial charge in [0.1, 0.15) is 11.9 Å². The molecule has 2 heterocycles. The molecular formula is C16H17F3N2O3. The number of aromatic hydroxyl groups is 1. The van der Waals surface area contributed by atoms with E-state index in [4.69, 9.17) is 4.74 Å². The van der Waals surface area contributed by atoms with Crippen molar-refractivity contribution < 1.29 is 27.8 Å². The number of ketones is 1. The first kappa shape index (κ1) is 16.8. The van der Waals surface area contributed by atoms with Crippen molar-refractivity contribution >= 4 is 16.7 Å². The first-order chi connectivity index (χ1) is 11.1. The number of ether oxygens (including phenoxy) is 1.